The second-order valence-corrected chi connectivity index (χ2v) is 26.7. The molecule has 6 heteroatoms. The number of carbonyl (C=O) groups excluding carboxylic acids is 2. The van der Waals surface area contributed by atoms with Crippen LogP contribution in [0.3, 0.4) is 0 Å². The number of hydrogen-bond acceptors (Lipinski definition) is 5. The Bertz CT molecular complexity index is 1260. The summed E-state index contributed by atoms with van der Waals surface area (Å²) in [6.07, 6.45) is 91.8. The number of allylic oxidation sites excluding steroid dienone is 1. The summed E-state index contributed by atoms with van der Waals surface area (Å²) < 4.78 is 5.49. The molecule has 0 aromatic heterocycles. The van der Waals surface area contributed by atoms with Crippen molar-refractivity contribution in [3.63, 3.8) is 0 Å². The van der Waals surface area contributed by atoms with Gasteiger partial charge in [0.2, 0.25) is 5.91 Å². The summed E-state index contributed by atoms with van der Waals surface area (Å²) in [5, 5.41) is 23.3. The van der Waals surface area contributed by atoms with Crippen LogP contribution in [-0.4, -0.2) is 47.4 Å². The standard InChI is InChI=1S/C77H151NO5/c1-3-5-7-9-11-13-15-17-18-19-20-21-30-33-36-39-42-46-49-53-57-61-65-69-75(80)74(73-79)78-76(81)70-66-62-58-54-50-47-43-40-37-34-31-28-26-24-22-23-25-27-29-32-35-38-41-44-48-52-56-60-64-68-72-83-77(82)71-67-63-59-55-51-45-16-14-12-10-8-6-4-2/h65,69,74-75,79-80H,3-64,66-68,70-73H2,1-2H3,(H,78,81)/b69-65+. The normalized spacial score (nSPS) is 12.5. The topological polar surface area (TPSA) is 95.9 Å². The fraction of sp³-hybridized carbons (Fsp3) is 0.948. The lowest BCUT2D eigenvalue weighted by Gasteiger charge is -2.20. The summed E-state index contributed by atoms with van der Waals surface area (Å²) in [6.45, 7) is 4.96. The minimum atomic E-state index is -0.842. The molecule has 494 valence electrons. The summed E-state index contributed by atoms with van der Waals surface area (Å²) in [5.41, 5.74) is 0. The van der Waals surface area contributed by atoms with Gasteiger partial charge in [0.25, 0.3) is 0 Å². The van der Waals surface area contributed by atoms with Crippen LogP contribution in [0.4, 0.5) is 0 Å². The van der Waals surface area contributed by atoms with Gasteiger partial charge in [-0.1, -0.05) is 411 Å². The number of esters is 1. The first kappa shape index (κ1) is 81.6. The van der Waals surface area contributed by atoms with Gasteiger partial charge in [0, 0.05) is 12.8 Å². The van der Waals surface area contributed by atoms with Gasteiger partial charge >= 0.3 is 5.97 Å². The maximum absolute atomic E-state index is 12.5. The van der Waals surface area contributed by atoms with E-state index in [0.717, 1.165) is 38.5 Å². The third-order valence-electron chi connectivity index (χ3n) is 18.3. The summed E-state index contributed by atoms with van der Waals surface area (Å²) in [4.78, 5) is 24.6. The highest BCUT2D eigenvalue weighted by Crippen LogP contribution is 2.20. The van der Waals surface area contributed by atoms with Gasteiger partial charge < -0.3 is 20.3 Å². The smallest absolute Gasteiger partial charge is 0.305 e. The Hall–Kier alpha value is -1.40. The molecule has 0 fully saturated rings. The van der Waals surface area contributed by atoms with Crippen LogP contribution in [0.5, 0.6) is 0 Å². The third-order valence-corrected chi connectivity index (χ3v) is 18.3. The second-order valence-electron chi connectivity index (χ2n) is 26.7. The predicted molar refractivity (Wildman–Crippen MR) is 366 cm³/mol. The van der Waals surface area contributed by atoms with Crippen molar-refractivity contribution < 1.29 is 24.5 Å². The maximum atomic E-state index is 12.5. The monoisotopic (exact) mass is 1170 g/mol. The quantitative estimate of drug-likeness (QED) is 0.0320. The third kappa shape index (κ3) is 69.6. The first-order valence-electron chi connectivity index (χ1n) is 38.5. The minimum Gasteiger partial charge on any atom is -0.466 e. The van der Waals surface area contributed by atoms with Gasteiger partial charge in [-0.05, 0) is 32.1 Å². The van der Waals surface area contributed by atoms with Crippen molar-refractivity contribution in [1.29, 1.82) is 0 Å². The maximum Gasteiger partial charge on any atom is 0.305 e. The molecule has 0 saturated heterocycles. The summed E-state index contributed by atoms with van der Waals surface area (Å²) in [5.74, 6) is -0.0361. The van der Waals surface area contributed by atoms with Crippen LogP contribution in [0.25, 0.3) is 0 Å². The number of aliphatic hydroxyl groups is 2. The molecule has 0 heterocycles. The van der Waals surface area contributed by atoms with E-state index in [2.05, 4.69) is 19.2 Å². The molecule has 3 N–H and O–H groups in total. The van der Waals surface area contributed by atoms with Crippen molar-refractivity contribution in [3.8, 4) is 0 Å². The molecule has 0 radical (unpaired) electrons. The van der Waals surface area contributed by atoms with E-state index in [1.165, 1.54) is 379 Å². The number of ether oxygens (including phenoxy) is 1. The Morgan fingerprint density at radius 3 is 0.819 bits per heavy atom. The number of nitrogens with one attached hydrogen (secondary N) is 1. The molecule has 0 spiro atoms. The molecule has 0 aromatic carbocycles. The van der Waals surface area contributed by atoms with Gasteiger partial charge in [-0.3, -0.25) is 9.59 Å². The van der Waals surface area contributed by atoms with E-state index >= 15 is 0 Å². The zero-order valence-corrected chi connectivity index (χ0v) is 56.7. The SMILES string of the molecule is CCCCCCCCCCCCCCCCCCCCCCC/C=C/C(O)C(CO)NC(=O)CCCCCCCCCCCCCCCCCCCCCCCCCCCCCCCCOC(=O)CCCCCCCCCCCCCCC. The van der Waals surface area contributed by atoms with Crippen molar-refractivity contribution in [2.75, 3.05) is 13.2 Å². The summed E-state index contributed by atoms with van der Waals surface area (Å²) in [6, 6.07) is -0.625. The molecule has 6 nitrogen and oxygen atoms in total. The molecular weight excluding hydrogens is 1020 g/mol. The van der Waals surface area contributed by atoms with E-state index in [9.17, 15) is 19.8 Å². The molecular formula is C77H151NO5. The lowest BCUT2D eigenvalue weighted by Crippen LogP contribution is -2.45. The summed E-state index contributed by atoms with van der Waals surface area (Å²) >= 11 is 0. The molecule has 0 saturated carbocycles. The van der Waals surface area contributed by atoms with Gasteiger partial charge in [-0.25, -0.2) is 0 Å². The molecule has 0 aliphatic heterocycles. The van der Waals surface area contributed by atoms with Crippen molar-refractivity contribution in [2.24, 2.45) is 0 Å². The molecule has 1 amide bonds. The Kier molecular flexibility index (Phi) is 71.8. The fourth-order valence-electron chi connectivity index (χ4n) is 12.5. The van der Waals surface area contributed by atoms with Gasteiger partial charge in [-0.15, -0.1) is 0 Å². The van der Waals surface area contributed by atoms with Crippen molar-refractivity contribution in [2.45, 2.75) is 456 Å². The first-order valence-corrected chi connectivity index (χ1v) is 38.5. The van der Waals surface area contributed by atoms with Gasteiger partial charge in [0.05, 0.1) is 25.4 Å². The lowest BCUT2D eigenvalue weighted by molar-refractivity contribution is -0.143. The predicted octanol–water partition coefficient (Wildman–Crippen LogP) is 25.1. The van der Waals surface area contributed by atoms with E-state index in [0.29, 0.717) is 19.4 Å². The van der Waals surface area contributed by atoms with E-state index in [1.54, 1.807) is 6.08 Å². The lowest BCUT2D eigenvalue weighted by atomic mass is 10.0. The highest BCUT2D eigenvalue weighted by molar-refractivity contribution is 5.76. The number of amides is 1. The Labute approximate surface area is 520 Å². The molecule has 0 bridgehead atoms. The van der Waals surface area contributed by atoms with Gasteiger partial charge in [-0.2, -0.15) is 0 Å². The summed E-state index contributed by atoms with van der Waals surface area (Å²) in [7, 11) is 0. The van der Waals surface area contributed by atoms with Crippen LogP contribution >= 0.6 is 0 Å². The molecule has 0 aromatic rings. The van der Waals surface area contributed by atoms with Crippen LogP contribution in [0.15, 0.2) is 12.2 Å². The molecule has 2 atom stereocenters. The fourth-order valence-corrected chi connectivity index (χ4v) is 12.5. The van der Waals surface area contributed by atoms with Crippen LogP contribution in [0.2, 0.25) is 0 Å². The van der Waals surface area contributed by atoms with Crippen LogP contribution in [0, 0.1) is 0 Å². The Morgan fingerprint density at radius 2 is 0.554 bits per heavy atom. The van der Waals surface area contributed by atoms with Gasteiger partial charge in [0.1, 0.15) is 0 Å². The molecule has 0 aliphatic carbocycles. The average Bonchev–Trinajstić information content (AvgIpc) is 3.49. The largest absolute Gasteiger partial charge is 0.466 e. The number of carbonyl (C=O) groups is 2. The second kappa shape index (κ2) is 73.1. The Morgan fingerprint density at radius 1 is 0.325 bits per heavy atom. The average molecular weight is 1170 g/mol. The van der Waals surface area contributed by atoms with E-state index in [-0.39, 0.29) is 18.5 Å². The molecule has 2 unspecified atom stereocenters. The number of aliphatic hydroxyl groups excluding tert-OH is 2. The minimum absolute atomic E-state index is 0.0225. The highest BCUT2D eigenvalue weighted by atomic mass is 16.5. The van der Waals surface area contributed by atoms with Crippen molar-refractivity contribution in [3.05, 3.63) is 12.2 Å². The zero-order valence-electron chi connectivity index (χ0n) is 56.7. The van der Waals surface area contributed by atoms with Crippen molar-refractivity contribution >= 4 is 11.9 Å². The van der Waals surface area contributed by atoms with E-state index in [1.807, 2.05) is 6.08 Å². The number of unbranched alkanes of at least 4 members (excludes halogenated alkanes) is 62. The molecule has 0 aliphatic rings. The van der Waals surface area contributed by atoms with E-state index < -0.39 is 12.1 Å². The van der Waals surface area contributed by atoms with Crippen LogP contribution in [-0.2, 0) is 14.3 Å². The van der Waals surface area contributed by atoms with Gasteiger partial charge in [0.15, 0.2) is 0 Å². The highest BCUT2D eigenvalue weighted by Gasteiger charge is 2.18. The van der Waals surface area contributed by atoms with Crippen molar-refractivity contribution in [1.82, 2.24) is 5.32 Å². The van der Waals surface area contributed by atoms with E-state index in [4.69, 9.17) is 4.74 Å². The van der Waals surface area contributed by atoms with Crippen LogP contribution in [0.1, 0.15) is 444 Å². The molecule has 0 rings (SSSR count). The zero-order chi connectivity index (χ0) is 59.9. The first-order chi connectivity index (χ1) is 41.0. The Balaban J connectivity index is 3.35. The van der Waals surface area contributed by atoms with Crippen LogP contribution < -0.4 is 5.32 Å². The molecule has 83 heavy (non-hydrogen) atoms. The number of rotatable bonds is 73. The number of hydrogen-bond donors (Lipinski definition) is 3.